The van der Waals surface area contributed by atoms with Crippen LogP contribution in [0.25, 0.3) is 0 Å². The molecule has 2 aliphatic rings. The molecule has 0 N–H and O–H groups in total. The summed E-state index contributed by atoms with van der Waals surface area (Å²) in [7, 11) is 0. The van der Waals surface area contributed by atoms with E-state index in [1.807, 2.05) is 27.7 Å². The third kappa shape index (κ3) is 8.32. The molecule has 2 atom stereocenters. The minimum absolute atomic E-state index is 0.806. The summed E-state index contributed by atoms with van der Waals surface area (Å²) in [5, 5.41) is 0. The third-order valence-electron chi connectivity index (χ3n) is 5.45. The molecule has 0 aromatic heterocycles. The molecule has 0 aliphatic heterocycles. The smallest absolute Gasteiger partial charge is 0.0303 e. The number of rotatable bonds is 2. The molecule has 0 nitrogen and oxygen atoms in total. The fraction of sp³-hybridized carbons (Fsp3) is 1.00. The predicted molar refractivity (Wildman–Crippen MR) is 96.4 cm³/mol. The van der Waals surface area contributed by atoms with Crippen LogP contribution in [0.5, 0.6) is 0 Å². The molecule has 2 unspecified atom stereocenters. The second kappa shape index (κ2) is 14.0. The maximum Gasteiger partial charge on any atom is -0.0303 e. The Morgan fingerprint density at radius 1 is 0.700 bits per heavy atom. The molecule has 0 heterocycles. The van der Waals surface area contributed by atoms with Gasteiger partial charge in [0.05, 0.1) is 0 Å². The van der Waals surface area contributed by atoms with Crippen molar-refractivity contribution in [2.24, 2.45) is 17.3 Å². The Labute approximate surface area is 131 Å². The number of hydrogen-bond donors (Lipinski definition) is 0. The van der Waals surface area contributed by atoms with Gasteiger partial charge in [-0.2, -0.15) is 0 Å². The fourth-order valence-electron chi connectivity index (χ4n) is 3.14. The van der Waals surface area contributed by atoms with Crippen molar-refractivity contribution in [2.75, 3.05) is 0 Å². The van der Waals surface area contributed by atoms with Gasteiger partial charge in [0, 0.05) is 0 Å². The molecule has 2 rings (SSSR count). The first kappa shape index (κ1) is 22.3. The molecule has 0 radical (unpaired) electrons. The van der Waals surface area contributed by atoms with Gasteiger partial charge in [-0.15, -0.1) is 0 Å². The summed E-state index contributed by atoms with van der Waals surface area (Å²) < 4.78 is 0. The summed E-state index contributed by atoms with van der Waals surface area (Å²) in [5.41, 5.74) is 0.806. The molecule has 0 heteroatoms. The molecule has 0 aromatic rings. The van der Waals surface area contributed by atoms with E-state index in [0.29, 0.717) is 0 Å². The van der Waals surface area contributed by atoms with Gasteiger partial charge in [-0.3, -0.25) is 0 Å². The van der Waals surface area contributed by atoms with Gasteiger partial charge < -0.3 is 0 Å². The molecule has 0 spiro atoms. The Bertz CT molecular complexity index is 155. The summed E-state index contributed by atoms with van der Waals surface area (Å²) >= 11 is 0. The lowest BCUT2D eigenvalue weighted by Gasteiger charge is -2.40. The largest absolute Gasteiger partial charge is 0.0683 e. The summed E-state index contributed by atoms with van der Waals surface area (Å²) in [4.78, 5) is 0. The highest BCUT2D eigenvalue weighted by Crippen LogP contribution is 2.46. The Morgan fingerprint density at radius 3 is 1.15 bits per heavy atom. The van der Waals surface area contributed by atoms with E-state index in [-0.39, 0.29) is 0 Å². The van der Waals surface area contributed by atoms with Gasteiger partial charge in [-0.1, -0.05) is 100 Å². The maximum atomic E-state index is 2.38. The normalized spacial score (nSPS) is 26.4. The number of hydrogen-bond acceptors (Lipinski definition) is 0. The first-order chi connectivity index (χ1) is 9.63. The van der Waals surface area contributed by atoms with Crippen molar-refractivity contribution in [2.45, 2.75) is 113 Å². The highest BCUT2D eigenvalue weighted by molar-refractivity contribution is 4.84. The van der Waals surface area contributed by atoms with Crippen LogP contribution in [-0.4, -0.2) is 0 Å². The van der Waals surface area contributed by atoms with Crippen LogP contribution >= 0.6 is 0 Å². The van der Waals surface area contributed by atoms with Crippen LogP contribution in [0, 0.1) is 17.3 Å². The molecule has 2 fully saturated rings. The van der Waals surface area contributed by atoms with E-state index < -0.39 is 0 Å². The van der Waals surface area contributed by atoms with Crippen molar-refractivity contribution in [1.29, 1.82) is 0 Å². The van der Waals surface area contributed by atoms with E-state index in [4.69, 9.17) is 0 Å². The molecule has 124 valence electrons. The van der Waals surface area contributed by atoms with Crippen LogP contribution in [0.1, 0.15) is 113 Å². The Morgan fingerprint density at radius 2 is 1.05 bits per heavy atom. The van der Waals surface area contributed by atoms with E-state index >= 15 is 0 Å². The minimum Gasteiger partial charge on any atom is -0.0683 e. The van der Waals surface area contributed by atoms with Gasteiger partial charge in [0.25, 0.3) is 0 Å². The monoisotopic (exact) mass is 284 g/mol. The average molecular weight is 285 g/mol. The second-order valence-corrected chi connectivity index (χ2v) is 6.30. The van der Waals surface area contributed by atoms with Crippen molar-refractivity contribution in [3.63, 3.8) is 0 Å². The highest BCUT2D eigenvalue weighted by Gasteiger charge is 2.32. The maximum absolute atomic E-state index is 2.38. The SMILES string of the molecule is CC.CC.CC1CCCCC1C.CCC1(CC)CCC1. The van der Waals surface area contributed by atoms with Crippen molar-refractivity contribution >= 4 is 0 Å². The summed E-state index contributed by atoms with van der Waals surface area (Å²) in [6, 6.07) is 0. The summed E-state index contributed by atoms with van der Waals surface area (Å²) in [6.45, 7) is 17.4. The van der Waals surface area contributed by atoms with Gasteiger partial charge >= 0.3 is 0 Å². The van der Waals surface area contributed by atoms with Crippen molar-refractivity contribution in [3.8, 4) is 0 Å². The van der Waals surface area contributed by atoms with Crippen LogP contribution < -0.4 is 0 Å². The zero-order chi connectivity index (χ0) is 16.0. The average Bonchev–Trinajstić information content (AvgIpc) is 2.47. The Balaban J connectivity index is 0. The fourth-order valence-corrected chi connectivity index (χ4v) is 3.14. The first-order valence-electron chi connectivity index (χ1n) is 9.63. The molecular formula is C20H44. The molecule has 0 amide bonds. The minimum atomic E-state index is 0.806. The third-order valence-corrected chi connectivity index (χ3v) is 5.45. The van der Waals surface area contributed by atoms with Crippen LogP contribution in [0.3, 0.4) is 0 Å². The van der Waals surface area contributed by atoms with E-state index in [0.717, 1.165) is 17.3 Å². The van der Waals surface area contributed by atoms with Gasteiger partial charge in [0.15, 0.2) is 0 Å². The standard InChI is InChI=1S/2C8H16.2C2H6/c1-7-5-3-4-6-8(7)2;1-3-8(4-2)6-5-7-8;2*1-2/h7-8H,3-6H2,1-2H3;3-7H2,1-2H3;2*1-2H3. The lowest BCUT2D eigenvalue weighted by atomic mass is 9.65. The lowest BCUT2D eigenvalue weighted by Crippen LogP contribution is -2.27. The Kier molecular flexibility index (Phi) is 15.6. The molecule has 0 saturated heterocycles. The van der Waals surface area contributed by atoms with E-state index in [9.17, 15) is 0 Å². The zero-order valence-corrected chi connectivity index (χ0v) is 16.0. The van der Waals surface area contributed by atoms with Gasteiger partial charge in [0.2, 0.25) is 0 Å². The molecule has 2 aliphatic carbocycles. The Hall–Kier alpha value is 0. The van der Waals surface area contributed by atoms with Crippen molar-refractivity contribution < 1.29 is 0 Å². The van der Waals surface area contributed by atoms with Crippen LogP contribution in [0.4, 0.5) is 0 Å². The summed E-state index contributed by atoms with van der Waals surface area (Å²) in [6.07, 6.45) is 13.2. The lowest BCUT2D eigenvalue weighted by molar-refractivity contribution is 0.121. The zero-order valence-electron chi connectivity index (χ0n) is 16.0. The van der Waals surface area contributed by atoms with Crippen molar-refractivity contribution in [1.82, 2.24) is 0 Å². The first-order valence-corrected chi connectivity index (χ1v) is 9.63. The van der Waals surface area contributed by atoms with E-state index in [1.54, 1.807) is 0 Å². The molecule has 20 heavy (non-hydrogen) atoms. The predicted octanol–water partition coefficient (Wildman–Crippen LogP) is 7.86. The molecule has 0 bridgehead atoms. The van der Waals surface area contributed by atoms with Crippen LogP contribution in [0.2, 0.25) is 0 Å². The summed E-state index contributed by atoms with van der Waals surface area (Å²) in [5.74, 6) is 2.01. The van der Waals surface area contributed by atoms with Crippen molar-refractivity contribution in [3.05, 3.63) is 0 Å². The molecule has 0 aromatic carbocycles. The molecule has 2 saturated carbocycles. The second-order valence-electron chi connectivity index (χ2n) is 6.30. The van der Waals surface area contributed by atoms with Gasteiger partial charge in [0.1, 0.15) is 0 Å². The topological polar surface area (TPSA) is 0 Å². The van der Waals surface area contributed by atoms with E-state index in [1.165, 1.54) is 57.8 Å². The molecular weight excluding hydrogens is 240 g/mol. The van der Waals surface area contributed by atoms with E-state index in [2.05, 4.69) is 27.7 Å². The van der Waals surface area contributed by atoms with Crippen LogP contribution in [0.15, 0.2) is 0 Å². The van der Waals surface area contributed by atoms with Gasteiger partial charge in [-0.05, 0) is 30.1 Å². The quantitative estimate of drug-likeness (QED) is 0.484. The van der Waals surface area contributed by atoms with Gasteiger partial charge in [-0.25, -0.2) is 0 Å². The highest BCUT2D eigenvalue weighted by atomic mass is 14.4. The van der Waals surface area contributed by atoms with Crippen LogP contribution in [-0.2, 0) is 0 Å².